The molecule has 3 N–H and O–H groups in total. The third-order valence-corrected chi connectivity index (χ3v) is 2.96. The Hall–Kier alpha value is -0.610. The molecule has 4 nitrogen and oxygen atoms in total. The summed E-state index contributed by atoms with van der Waals surface area (Å²) in [5.74, 6) is -0.138. The Bertz CT molecular complexity index is 208. The van der Waals surface area contributed by atoms with Crippen molar-refractivity contribution in [2.24, 2.45) is 11.7 Å². The highest BCUT2D eigenvalue weighted by Gasteiger charge is 2.34. The Morgan fingerprint density at radius 1 is 1.64 bits per heavy atom. The number of nitrogens with two attached hydrogens (primary N) is 1. The minimum Gasteiger partial charge on any atom is -0.480 e. The minimum absolute atomic E-state index is 0.373. The molecule has 1 rings (SSSR count). The van der Waals surface area contributed by atoms with Crippen LogP contribution in [0.4, 0.5) is 0 Å². The van der Waals surface area contributed by atoms with Crippen molar-refractivity contribution < 1.29 is 9.90 Å². The molecule has 0 radical (unpaired) electrons. The highest BCUT2D eigenvalue weighted by molar-refractivity contribution is 5.73. The van der Waals surface area contributed by atoms with Crippen molar-refractivity contribution in [2.75, 3.05) is 13.1 Å². The zero-order chi connectivity index (χ0) is 10.7. The molecule has 1 fully saturated rings. The van der Waals surface area contributed by atoms with E-state index in [0.717, 1.165) is 13.0 Å². The SMILES string of the molecule is CC1CC(C)N(C(CCN)C(=O)O)C1. The number of rotatable bonds is 4. The molecule has 0 aromatic heterocycles. The fourth-order valence-corrected chi connectivity index (χ4v) is 2.36. The van der Waals surface area contributed by atoms with E-state index in [2.05, 4.69) is 18.7 Å². The van der Waals surface area contributed by atoms with Gasteiger partial charge in [-0.25, -0.2) is 0 Å². The maximum absolute atomic E-state index is 11.0. The van der Waals surface area contributed by atoms with Crippen molar-refractivity contribution in [3.8, 4) is 0 Å². The molecule has 0 saturated carbocycles. The molecule has 14 heavy (non-hydrogen) atoms. The number of likely N-dealkylation sites (tertiary alicyclic amines) is 1. The first-order valence-corrected chi connectivity index (χ1v) is 5.24. The maximum atomic E-state index is 11.0. The number of nitrogens with zero attached hydrogens (tertiary/aromatic N) is 1. The average molecular weight is 200 g/mol. The fourth-order valence-electron chi connectivity index (χ4n) is 2.36. The van der Waals surface area contributed by atoms with E-state index < -0.39 is 5.97 Å². The average Bonchev–Trinajstić information content (AvgIpc) is 2.40. The van der Waals surface area contributed by atoms with Crippen molar-refractivity contribution in [1.29, 1.82) is 0 Å². The standard InChI is InChI=1S/C10H20N2O2/c1-7-5-8(2)12(6-7)9(3-4-11)10(13)14/h7-9H,3-6,11H2,1-2H3,(H,13,14). The van der Waals surface area contributed by atoms with E-state index in [9.17, 15) is 4.79 Å². The van der Waals surface area contributed by atoms with E-state index in [1.54, 1.807) is 0 Å². The first kappa shape index (κ1) is 11.5. The molecule has 0 amide bonds. The van der Waals surface area contributed by atoms with Crippen LogP contribution in [0.1, 0.15) is 26.7 Å². The van der Waals surface area contributed by atoms with Gasteiger partial charge in [-0.3, -0.25) is 9.69 Å². The molecule has 1 aliphatic heterocycles. The van der Waals surface area contributed by atoms with Gasteiger partial charge in [0.15, 0.2) is 0 Å². The second-order valence-electron chi connectivity index (χ2n) is 4.32. The molecule has 3 atom stereocenters. The summed E-state index contributed by atoms with van der Waals surface area (Å²) in [6.07, 6.45) is 1.64. The van der Waals surface area contributed by atoms with Crippen LogP contribution in [0.25, 0.3) is 0 Å². The molecule has 0 spiro atoms. The van der Waals surface area contributed by atoms with Crippen LogP contribution in [0, 0.1) is 5.92 Å². The van der Waals surface area contributed by atoms with Crippen LogP contribution in [0.3, 0.4) is 0 Å². The van der Waals surface area contributed by atoms with Gasteiger partial charge in [-0.2, -0.15) is 0 Å². The summed E-state index contributed by atoms with van der Waals surface area (Å²) in [6, 6.07) is -0.0161. The zero-order valence-electron chi connectivity index (χ0n) is 8.94. The van der Waals surface area contributed by atoms with E-state index in [1.807, 2.05) is 0 Å². The van der Waals surface area contributed by atoms with Crippen LogP contribution in [0.15, 0.2) is 0 Å². The van der Waals surface area contributed by atoms with Gasteiger partial charge in [0.05, 0.1) is 0 Å². The summed E-state index contributed by atoms with van der Waals surface area (Å²) in [4.78, 5) is 13.1. The van der Waals surface area contributed by atoms with Crippen LogP contribution < -0.4 is 5.73 Å². The van der Waals surface area contributed by atoms with Crippen LogP contribution in [-0.2, 0) is 4.79 Å². The van der Waals surface area contributed by atoms with Crippen molar-refractivity contribution in [3.63, 3.8) is 0 Å². The molecule has 82 valence electrons. The highest BCUT2D eigenvalue weighted by atomic mass is 16.4. The third kappa shape index (κ3) is 2.45. The topological polar surface area (TPSA) is 66.6 Å². The van der Waals surface area contributed by atoms with Gasteiger partial charge in [-0.15, -0.1) is 0 Å². The second kappa shape index (κ2) is 4.75. The molecule has 1 aliphatic rings. The fraction of sp³-hybridized carbons (Fsp3) is 0.900. The van der Waals surface area contributed by atoms with Gasteiger partial charge in [0.2, 0.25) is 0 Å². The summed E-state index contributed by atoms with van der Waals surface area (Å²) in [5.41, 5.74) is 5.42. The lowest BCUT2D eigenvalue weighted by Gasteiger charge is -2.27. The van der Waals surface area contributed by atoms with E-state index in [1.165, 1.54) is 0 Å². The van der Waals surface area contributed by atoms with E-state index >= 15 is 0 Å². The van der Waals surface area contributed by atoms with Crippen LogP contribution >= 0.6 is 0 Å². The quantitative estimate of drug-likeness (QED) is 0.694. The zero-order valence-corrected chi connectivity index (χ0v) is 8.94. The number of aliphatic carboxylic acids is 1. The summed E-state index contributed by atoms with van der Waals surface area (Å²) in [5, 5.41) is 9.07. The number of carboxylic acid groups (broad SMARTS) is 1. The van der Waals surface area contributed by atoms with Crippen molar-refractivity contribution >= 4 is 5.97 Å². The van der Waals surface area contributed by atoms with Gasteiger partial charge in [0, 0.05) is 12.6 Å². The first-order valence-electron chi connectivity index (χ1n) is 5.24. The lowest BCUT2D eigenvalue weighted by Crippen LogP contribution is -2.44. The molecule has 0 aliphatic carbocycles. The summed E-state index contributed by atoms with van der Waals surface area (Å²) in [7, 11) is 0. The summed E-state index contributed by atoms with van der Waals surface area (Å²) in [6.45, 7) is 5.58. The smallest absolute Gasteiger partial charge is 0.320 e. The van der Waals surface area contributed by atoms with Crippen LogP contribution in [0.5, 0.6) is 0 Å². The van der Waals surface area contributed by atoms with Crippen molar-refractivity contribution in [1.82, 2.24) is 4.90 Å². The van der Waals surface area contributed by atoms with Gasteiger partial charge in [-0.05, 0) is 32.2 Å². The Labute approximate surface area is 85.1 Å². The second-order valence-corrected chi connectivity index (χ2v) is 4.32. The molecular weight excluding hydrogens is 180 g/mol. The van der Waals surface area contributed by atoms with Gasteiger partial charge in [0.25, 0.3) is 0 Å². The largest absolute Gasteiger partial charge is 0.480 e. The minimum atomic E-state index is -0.739. The van der Waals surface area contributed by atoms with Gasteiger partial charge >= 0.3 is 5.97 Å². The van der Waals surface area contributed by atoms with Gasteiger partial charge < -0.3 is 10.8 Å². The van der Waals surface area contributed by atoms with Crippen LogP contribution in [0.2, 0.25) is 0 Å². The Morgan fingerprint density at radius 3 is 2.64 bits per heavy atom. The van der Waals surface area contributed by atoms with Crippen LogP contribution in [-0.4, -0.2) is 41.1 Å². The predicted molar refractivity (Wildman–Crippen MR) is 55.0 cm³/mol. The van der Waals surface area contributed by atoms with Gasteiger partial charge in [-0.1, -0.05) is 6.92 Å². The first-order chi connectivity index (χ1) is 6.56. The van der Waals surface area contributed by atoms with E-state index in [-0.39, 0.29) is 6.04 Å². The monoisotopic (exact) mass is 200 g/mol. The Kier molecular flexibility index (Phi) is 3.89. The third-order valence-electron chi connectivity index (χ3n) is 2.96. The lowest BCUT2D eigenvalue weighted by molar-refractivity contribution is -0.143. The van der Waals surface area contributed by atoms with E-state index in [4.69, 9.17) is 10.8 Å². The summed E-state index contributed by atoms with van der Waals surface area (Å²) >= 11 is 0. The molecule has 0 aromatic rings. The highest BCUT2D eigenvalue weighted by Crippen LogP contribution is 2.25. The van der Waals surface area contributed by atoms with Crippen molar-refractivity contribution in [2.45, 2.75) is 38.8 Å². The number of hydrogen-bond donors (Lipinski definition) is 2. The van der Waals surface area contributed by atoms with E-state index in [0.29, 0.717) is 24.9 Å². The molecule has 0 aromatic carbocycles. The normalized spacial score (nSPS) is 30.5. The van der Waals surface area contributed by atoms with Gasteiger partial charge in [0.1, 0.15) is 6.04 Å². The van der Waals surface area contributed by atoms with Crippen molar-refractivity contribution in [3.05, 3.63) is 0 Å². The molecule has 1 saturated heterocycles. The molecule has 1 heterocycles. The maximum Gasteiger partial charge on any atom is 0.320 e. The number of carbonyl (C=O) groups is 1. The lowest BCUT2D eigenvalue weighted by atomic mass is 10.1. The number of carboxylic acids is 1. The molecule has 3 unspecified atom stereocenters. The summed E-state index contributed by atoms with van der Waals surface area (Å²) < 4.78 is 0. The molecule has 0 bridgehead atoms. The predicted octanol–water partition coefficient (Wildman–Crippen LogP) is 0.519. The number of hydrogen-bond acceptors (Lipinski definition) is 3. The Balaban J connectivity index is 2.63. The molecular formula is C10H20N2O2. The molecule has 4 heteroatoms. The Morgan fingerprint density at radius 2 is 2.29 bits per heavy atom.